The molecule has 0 aliphatic carbocycles. The van der Waals surface area contributed by atoms with E-state index in [-0.39, 0.29) is 16.8 Å². The molecule has 2 aromatic rings. The van der Waals surface area contributed by atoms with Gasteiger partial charge in [0, 0.05) is 5.56 Å². The highest BCUT2D eigenvalue weighted by molar-refractivity contribution is 6.09. The third-order valence-corrected chi connectivity index (χ3v) is 3.45. The van der Waals surface area contributed by atoms with Gasteiger partial charge in [-0.2, -0.15) is 5.26 Å². The number of carbonyl (C=O) groups is 2. The second-order valence-electron chi connectivity index (χ2n) is 5.10. The van der Waals surface area contributed by atoms with Gasteiger partial charge in [-0.1, -0.05) is 42.5 Å². The Hall–Kier alpha value is -3.85. The monoisotopic (exact) mass is 348 g/mol. The zero-order valence-corrected chi connectivity index (χ0v) is 14.0. The van der Waals surface area contributed by atoms with E-state index < -0.39 is 11.9 Å². The quantitative estimate of drug-likeness (QED) is 0.473. The van der Waals surface area contributed by atoms with Crippen LogP contribution in [-0.4, -0.2) is 24.1 Å². The van der Waals surface area contributed by atoms with Crippen molar-refractivity contribution in [2.45, 2.75) is 0 Å². The fraction of sp³-hybridized carbons (Fsp3) is 0.0500. The summed E-state index contributed by atoms with van der Waals surface area (Å²) in [6.07, 6.45) is 4.61. The first-order valence-corrected chi connectivity index (χ1v) is 7.62. The molecule has 2 N–H and O–H groups in total. The molecule has 0 fully saturated rings. The van der Waals surface area contributed by atoms with Crippen LogP contribution in [0.2, 0.25) is 0 Å². The summed E-state index contributed by atoms with van der Waals surface area (Å²) in [5.41, 5.74) is 0.707. The van der Waals surface area contributed by atoms with Gasteiger partial charge in [-0.3, -0.25) is 4.79 Å². The Morgan fingerprint density at radius 3 is 2.54 bits per heavy atom. The smallest absolute Gasteiger partial charge is 0.337 e. The molecular weight excluding hydrogens is 332 g/mol. The summed E-state index contributed by atoms with van der Waals surface area (Å²) in [4.78, 5) is 23.4. The number of ether oxygens (including phenoxy) is 1. The van der Waals surface area contributed by atoms with Crippen LogP contribution in [0.3, 0.4) is 0 Å². The van der Waals surface area contributed by atoms with E-state index in [1.165, 1.54) is 18.2 Å². The number of amides is 1. The molecule has 0 bridgehead atoms. The van der Waals surface area contributed by atoms with Crippen molar-refractivity contribution < 1.29 is 19.4 Å². The maximum Gasteiger partial charge on any atom is 0.337 e. The van der Waals surface area contributed by atoms with E-state index in [1.54, 1.807) is 43.5 Å². The van der Waals surface area contributed by atoms with Gasteiger partial charge in [-0.05, 0) is 24.3 Å². The number of benzene rings is 2. The number of nitrogens with one attached hydrogen (secondary N) is 1. The summed E-state index contributed by atoms with van der Waals surface area (Å²) in [5.74, 6) is -1.19. The predicted octanol–water partition coefficient (Wildman–Crippen LogP) is 3.50. The summed E-state index contributed by atoms with van der Waals surface area (Å²) in [5, 5.41) is 20.8. The molecule has 0 saturated heterocycles. The van der Waals surface area contributed by atoms with Gasteiger partial charge in [0.1, 0.15) is 17.4 Å². The molecule has 1 amide bonds. The van der Waals surface area contributed by atoms with Crippen molar-refractivity contribution in [1.82, 2.24) is 0 Å². The summed E-state index contributed by atoms with van der Waals surface area (Å²) < 4.78 is 5.22. The Labute approximate surface area is 150 Å². The van der Waals surface area contributed by atoms with Crippen LogP contribution in [0.4, 0.5) is 5.69 Å². The average Bonchev–Trinajstić information content (AvgIpc) is 2.65. The number of carboxylic acids is 1. The highest BCUT2D eigenvalue weighted by atomic mass is 16.5. The van der Waals surface area contributed by atoms with Gasteiger partial charge in [-0.15, -0.1) is 0 Å². The van der Waals surface area contributed by atoms with Crippen molar-refractivity contribution in [3.8, 4) is 11.8 Å². The van der Waals surface area contributed by atoms with E-state index in [1.807, 2.05) is 18.2 Å². The van der Waals surface area contributed by atoms with Crippen LogP contribution < -0.4 is 10.1 Å². The molecule has 2 rings (SSSR count). The lowest BCUT2D eigenvalue weighted by Crippen LogP contribution is -2.16. The van der Waals surface area contributed by atoms with Gasteiger partial charge >= 0.3 is 5.97 Å². The number of para-hydroxylation sites is 2. The van der Waals surface area contributed by atoms with Crippen molar-refractivity contribution in [2.75, 3.05) is 12.4 Å². The molecule has 0 heterocycles. The first kappa shape index (κ1) is 18.5. The summed E-state index contributed by atoms with van der Waals surface area (Å²) in [6, 6.07) is 15.1. The highest BCUT2D eigenvalue weighted by Gasteiger charge is 2.14. The molecule has 130 valence electrons. The van der Waals surface area contributed by atoms with Crippen LogP contribution in [0, 0.1) is 11.3 Å². The first-order chi connectivity index (χ1) is 12.6. The molecule has 6 nitrogen and oxygen atoms in total. The fourth-order valence-electron chi connectivity index (χ4n) is 2.18. The first-order valence-electron chi connectivity index (χ1n) is 7.62. The zero-order valence-electron chi connectivity index (χ0n) is 14.0. The molecule has 6 heteroatoms. The lowest BCUT2D eigenvalue weighted by atomic mass is 10.1. The molecular formula is C20H16N2O4. The van der Waals surface area contributed by atoms with Crippen LogP contribution in [0.25, 0.3) is 6.08 Å². The summed E-state index contributed by atoms with van der Waals surface area (Å²) in [7, 11) is 1.55. The van der Waals surface area contributed by atoms with Gasteiger partial charge in [0.25, 0.3) is 5.91 Å². The van der Waals surface area contributed by atoms with Crippen molar-refractivity contribution in [3.05, 3.63) is 77.4 Å². The fourth-order valence-corrected chi connectivity index (χ4v) is 2.18. The molecule has 0 aliphatic heterocycles. The molecule has 0 unspecified atom stereocenters. The molecule has 26 heavy (non-hydrogen) atoms. The molecule has 0 atom stereocenters. The van der Waals surface area contributed by atoms with E-state index in [0.717, 1.165) is 5.56 Å². The Balaban J connectivity index is 2.19. The number of hydrogen-bond donors (Lipinski definition) is 2. The molecule has 0 spiro atoms. The maximum atomic E-state index is 12.2. The number of hydrogen-bond acceptors (Lipinski definition) is 4. The summed E-state index contributed by atoms with van der Waals surface area (Å²) >= 11 is 0. The minimum atomic E-state index is -1.17. The topological polar surface area (TPSA) is 99.4 Å². The molecule has 0 radical (unpaired) electrons. The lowest BCUT2D eigenvalue weighted by Gasteiger charge is -2.07. The minimum Gasteiger partial charge on any atom is -0.496 e. The van der Waals surface area contributed by atoms with Gasteiger partial charge in [0.05, 0.1) is 18.4 Å². The standard InChI is InChI=1S/C20H16N2O4/c1-26-18-12-5-2-7-14(18)8-6-9-15(13-21)19(23)22-17-11-4-3-10-16(17)20(24)25/h2-12H,1H3,(H,22,23)(H,24,25)/b8-6+,15-9+. The van der Waals surface area contributed by atoms with Crippen molar-refractivity contribution in [3.63, 3.8) is 0 Å². The number of aromatic carboxylic acids is 1. The van der Waals surface area contributed by atoms with Gasteiger partial charge < -0.3 is 15.2 Å². The zero-order chi connectivity index (χ0) is 18.9. The second kappa shape index (κ2) is 8.85. The van der Waals surface area contributed by atoms with Gasteiger partial charge in [0.2, 0.25) is 0 Å². The maximum absolute atomic E-state index is 12.2. The number of methoxy groups -OCH3 is 1. The Morgan fingerprint density at radius 1 is 1.15 bits per heavy atom. The number of rotatable bonds is 6. The Bertz CT molecular complexity index is 923. The van der Waals surface area contributed by atoms with Crippen LogP contribution in [0.5, 0.6) is 5.75 Å². The lowest BCUT2D eigenvalue weighted by molar-refractivity contribution is -0.112. The van der Waals surface area contributed by atoms with Crippen LogP contribution in [-0.2, 0) is 4.79 Å². The van der Waals surface area contributed by atoms with Crippen molar-refractivity contribution in [2.24, 2.45) is 0 Å². The highest BCUT2D eigenvalue weighted by Crippen LogP contribution is 2.19. The number of carboxylic acid groups (broad SMARTS) is 1. The SMILES string of the molecule is COc1ccccc1/C=C/C=C(\C#N)C(=O)Nc1ccccc1C(=O)O. The van der Waals surface area contributed by atoms with Gasteiger partial charge in [0.15, 0.2) is 0 Å². The minimum absolute atomic E-state index is 0.0531. The van der Waals surface area contributed by atoms with E-state index in [2.05, 4.69) is 5.32 Å². The van der Waals surface area contributed by atoms with Crippen LogP contribution in [0.15, 0.2) is 66.3 Å². The molecule has 2 aromatic carbocycles. The van der Waals surface area contributed by atoms with E-state index in [9.17, 15) is 14.9 Å². The van der Waals surface area contributed by atoms with E-state index >= 15 is 0 Å². The number of allylic oxidation sites excluding steroid dienone is 2. The predicted molar refractivity (Wildman–Crippen MR) is 97.8 cm³/mol. The number of anilines is 1. The van der Waals surface area contributed by atoms with Crippen molar-refractivity contribution in [1.29, 1.82) is 5.26 Å². The van der Waals surface area contributed by atoms with E-state index in [0.29, 0.717) is 5.75 Å². The average molecular weight is 348 g/mol. The van der Waals surface area contributed by atoms with Gasteiger partial charge in [-0.25, -0.2) is 4.79 Å². The number of nitrogens with zero attached hydrogens (tertiary/aromatic N) is 1. The molecule has 0 saturated carbocycles. The van der Waals surface area contributed by atoms with Crippen LogP contribution >= 0.6 is 0 Å². The second-order valence-corrected chi connectivity index (χ2v) is 5.10. The van der Waals surface area contributed by atoms with E-state index in [4.69, 9.17) is 9.84 Å². The molecule has 0 aromatic heterocycles. The third-order valence-electron chi connectivity index (χ3n) is 3.45. The van der Waals surface area contributed by atoms with Crippen molar-refractivity contribution >= 4 is 23.6 Å². The number of carbonyl (C=O) groups excluding carboxylic acids is 1. The summed E-state index contributed by atoms with van der Waals surface area (Å²) in [6.45, 7) is 0. The van der Waals surface area contributed by atoms with Crippen LogP contribution in [0.1, 0.15) is 15.9 Å². The Kier molecular flexibility index (Phi) is 6.29. The normalized spacial score (nSPS) is 11.0. The Morgan fingerprint density at radius 2 is 1.85 bits per heavy atom. The number of nitriles is 1. The largest absolute Gasteiger partial charge is 0.496 e. The third kappa shape index (κ3) is 4.58. The molecule has 0 aliphatic rings.